The summed E-state index contributed by atoms with van der Waals surface area (Å²) in [5.74, 6) is 0.880. The topological polar surface area (TPSA) is 57.1 Å². The number of benzene rings is 2. The lowest BCUT2D eigenvalue weighted by atomic mass is 9.89. The zero-order valence-electron chi connectivity index (χ0n) is 14.9. The molecule has 1 unspecified atom stereocenters. The highest BCUT2D eigenvalue weighted by Crippen LogP contribution is 2.39. The molecule has 0 bridgehead atoms. The number of fused-ring (bicyclic) bond motifs is 1. The minimum absolute atomic E-state index is 0.200. The number of nitriles is 1. The van der Waals surface area contributed by atoms with Gasteiger partial charge in [-0.25, -0.2) is 0 Å². The maximum absolute atomic E-state index is 9.16. The van der Waals surface area contributed by atoms with Gasteiger partial charge in [0.2, 0.25) is 0 Å². The molecule has 1 aliphatic heterocycles. The molecule has 0 fully saturated rings. The second kappa shape index (κ2) is 7.69. The summed E-state index contributed by atoms with van der Waals surface area (Å²) in [6.45, 7) is 6.84. The van der Waals surface area contributed by atoms with E-state index in [1.165, 1.54) is 5.56 Å². The number of hydrogen-bond donors (Lipinski definition) is 2. The number of ether oxygens (including phenoxy) is 1. The van der Waals surface area contributed by atoms with Crippen LogP contribution in [0.5, 0.6) is 5.75 Å². The third kappa shape index (κ3) is 4.60. The molecule has 0 amide bonds. The predicted octanol–water partition coefficient (Wildman–Crippen LogP) is 3.54. The Balaban J connectivity index is 1.57. The fraction of sp³-hybridized carbons (Fsp3) is 0.381. The first-order valence-electron chi connectivity index (χ1n) is 8.78. The van der Waals surface area contributed by atoms with Crippen LogP contribution in [-0.2, 0) is 6.54 Å². The zero-order chi connectivity index (χ0) is 17.7. The highest BCUT2D eigenvalue weighted by Gasteiger charge is 2.33. The molecule has 0 spiro atoms. The Kier molecular flexibility index (Phi) is 5.37. The van der Waals surface area contributed by atoms with E-state index >= 15 is 0 Å². The molecule has 1 aliphatic rings. The Labute approximate surface area is 149 Å². The molecule has 4 heteroatoms. The Morgan fingerprint density at radius 1 is 1.16 bits per heavy atom. The van der Waals surface area contributed by atoms with Crippen LogP contribution in [0.1, 0.15) is 43.0 Å². The first-order valence-corrected chi connectivity index (χ1v) is 8.78. The normalized spacial score (nSPS) is 18.0. The van der Waals surface area contributed by atoms with Gasteiger partial charge in [-0.2, -0.15) is 5.26 Å². The minimum Gasteiger partial charge on any atom is -0.487 e. The van der Waals surface area contributed by atoms with Crippen LogP contribution in [-0.4, -0.2) is 18.7 Å². The summed E-state index contributed by atoms with van der Waals surface area (Å²) in [5, 5.41) is 16.2. The summed E-state index contributed by atoms with van der Waals surface area (Å²) in [6.07, 6.45) is 0.883. The summed E-state index contributed by atoms with van der Waals surface area (Å²) in [4.78, 5) is 0. The van der Waals surface area contributed by atoms with Gasteiger partial charge in [0.05, 0.1) is 11.6 Å². The monoisotopic (exact) mass is 335 g/mol. The van der Waals surface area contributed by atoms with E-state index in [4.69, 9.17) is 10.00 Å². The van der Waals surface area contributed by atoms with Crippen molar-refractivity contribution in [1.29, 1.82) is 5.26 Å². The maximum atomic E-state index is 9.16. The van der Waals surface area contributed by atoms with Crippen molar-refractivity contribution in [3.05, 3.63) is 65.2 Å². The van der Waals surface area contributed by atoms with Crippen molar-refractivity contribution < 1.29 is 4.74 Å². The average Bonchev–Trinajstić information content (AvgIpc) is 2.61. The van der Waals surface area contributed by atoms with Crippen LogP contribution in [0.25, 0.3) is 0 Å². The summed E-state index contributed by atoms with van der Waals surface area (Å²) in [5.41, 5.74) is 2.84. The largest absolute Gasteiger partial charge is 0.487 e. The van der Waals surface area contributed by atoms with Crippen molar-refractivity contribution in [2.45, 2.75) is 38.5 Å². The smallest absolute Gasteiger partial charge is 0.124 e. The SMILES string of the molecule is CC1(C)CC(NCCNCc2ccccc2)c2cc(C#N)ccc2O1. The molecule has 0 aliphatic carbocycles. The van der Waals surface area contributed by atoms with Gasteiger partial charge in [0.25, 0.3) is 0 Å². The molecule has 3 rings (SSSR count). The van der Waals surface area contributed by atoms with Gasteiger partial charge in [0.1, 0.15) is 11.4 Å². The molecular formula is C21H25N3O. The number of nitrogens with one attached hydrogen (secondary N) is 2. The molecule has 1 heterocycles. The van der Waals surface area contributed by atoms with Crippen molar-refractivity contribution in [2.75, 3.05) is 13.1 Å². The Morgan fingerprint density at radius 3 is 2.72 bits per heavy atom. The predicted molar refractivity (Wildman–Crippen MR) is 99.4 cm³/mol. The summed E-state index contributed by atoms with van der Waals surface area (Å²) in [7, 11) is 0. The van der Waals surface area contributed by atoms with Crippen LogP contribution in [0.2, 0.25) is 0 Å². The van der Waals surface area contributed by atoms with Crippen molar-refractivity contribution in [3.8, 4) is 11.8 Å². The van der Waals surface area contributed by atoms with Crippen molar-refractivity contribution >= 4 is 0 Å². The first kappa shape index (κ1) is 17.5. The minimum atomic E-state index is -0.212. The molecule has 2 aromatic carbocycles. The average molecular weight is 335 g/mol. The summed E-state index contributed by atoms with van der Waals surface area (Å²) < 4.78 is 6.07. The van der Waals surface area contributed by atoms with Gasteiger partial charge >= 0.3 is 0 Å². The zero-order valence-corrected chi connectivity index (χ0v) is 14.9. The van der Waals surface area contributed by atoms with Gasteiger partial charge in [-0.3, -0.25) is 0 Å². The van der Waals surface area contributed by atoms with E-state index in [0.29, 0.717) is 5.56 Å². The highest BCUT2D eigenvalue weighted by atomic mass is 16.5. The van der Waals surface area contributed by atoms with Crippen molar-refractivity contribution in [2.24, 2.45) is 0 Å². The molecule has 0 saturated heterocycles. The molecule has 130 valence electrons. The quantitative estimate of drug-likeness (QED) is 0.793. The first-order chi connectivity index (χ1) is 12.1. The highest BCUT2D eigenvalue weighted by molar-refractivity contribution is 5.45. The molecule has 0 radical (unpaired) electrons. The summed E-state index contributed by atoms with van der Waals surface area (Å²) in [6, 6.07) is 18.5. The molecule has 1 atom stereocenters. The van der Waals surface area contributed by atoms with Gasteiger partial charge in [-0.1, -0.05) is 30.3 Å². The van der Waals surface area contributed by atoms with E-state index < -0.39 is 0 Å². The second-order valence-corrected chi connectivity index (χ2v) is 7.10. The molecule has 2 aromatic rings. The Bertz CT molecular complexity index is 749. The van der Waals surface area contributed by atoms with Gasteiger partial charge in [0, 0.05) is 37.7 Å². The lowest BCUT2D eigenvalue weighted by molar-refractivity contribution is 0.0662. The standard InChI is InChI=1S/C21H25N3O/c1-21(2)13-19(18-12-17(14-22)8-9-20(18)25-21)24-11-10-23-15-16-6-4-3-5-7-16/h3-9,12,19,23-24H,10-11,13,15H2,1-2H3. The van der Waals surface area contributed by atoms with Crippen LogP contribution in [0.15, 0.2) is 48.5 Å². The van der Waals surface area contributed by atoms with Crippen LogP contribution in [0.4, 0.5) is 0 Å². The van der Waals surface area contributed by atoms with E-state index in [0.717, 1.165) is 37.4 Å². The Hall–Kier alpha value is -2.35. The number of hydrogen-bond acceptors (Lipinski definition) is 4. The van der Waals surface area contributed by atoms with Gasteiger partial charge in [0.15, 0.2) is 0 Å². The molecule has 4 nitrogen and oxygen atoms in total. The van der Waals surface area contributed by atoms with E-state index in [2.05, 4.69) is 54.8 Å². The maximum Gasteiger partial charge on any atom is 0.124 e. The van der Waals surface area contributed by atoms with E-state index in [-0.39, 0.29) is 11.6 Å². The molecule has 2 N–H and O–H groups in total. The van der Waals surface area contributed by atoms with Crippen molar-refractivity contribution in [1.82, 2.24) is 10.6 Å². The van der Waals surface area contributed by atoms with Crippen LogP contribution in [0, 0.1) is 11.3 Å². The fourth-order valence-electron chi connectivity index (χ4n) is 3.27. The molecule has 0 aromatic heterocycles. The van der Waals surface area contributed by atoms with Crippen LogP contribution in [0.3, 0.4) is 0 Å². The van der Waals surface area contributed by atoms with Crippen LogP contribution >= 0.6 is 0 Å². The summed E-state index contributed by atoms with van der Waals surface area (Å²) >= 11 is 0. The van der Waals surface area contributed by atoms with Crippen LogP contribution < -0.4 is 15.4 Å². The lowest BCUT2D eigenvalue weighted by Gasteiger charge is -2.38. The Morgan fingerprint density at radius 2 is 1.96 bits per heavy atom. The van der Waals surface area contributed by atoms with E-state index in [1.54, 1.807) is 0 Å². The molecule has 0 saturated carbocycles. The fourth-order valence-corrected chi connectivity index (χ4v) is 3.27. The molecule has 25 heavy (non-hydrogen) atoms. The van der Waals surface area contributed by atoms with E-state index in [1.807, 2.05) is 24.3 Å². The number of nitrogens with zero attached hydrogens (tertiary/aromatic N) is 1. The molecular weight excluding hydrogens is 310 g/mol. The van der Waals surface area contributed by atoms with Crippen molar-refractivity contribution in [3.63, 3.8) is 0 Å². The lowest BCUT2D eigenvalue weighted by Crippen LogP contribution is -2.41. The third-order valence-corrected chi connectivity index (χ3v) is 4.46. The second-order valence-electron chi connectivity index (χ2n) is 7.10. The van der Waals surface area contributed by atoms with Gasteiger partial charge in [-0.15, -0.1) is 0 Å². The van der Waals surface area contributed by atoms with E-state index in [9.17, 15) is 0 Å². The number of rotatable bonds is 6. The van der Waals surface area contributed by atoms with Gasteiger partial charge in [-0.05, 0) is 37.6 Å². The third-order valence-electron chi connectivity index (χ3n) is 4.46. The van der Waals surface area contributed by atoms with Gasteiger partial charge < -0.3 is 15.4 Å².